The van der Waals surface area contributed by atoms with E-state index in [2.05, 4.69) is 20.3 Å². The van der Waals surface area contributed by atoms with Gasteiger partial charge in [0.1, 0.15) is 17.5 Å². The van der Waals surface area contributed by atoms with Gasteiger partial charge in [-0.2, -0.15) is 0 Å². The van der Waals surface area contributed by atoms with Crippen LogP contribution in [0.15, 0.2) is 47.6 Å². The van der Waals surface area contributed by atoms with Gasteiger partial charge in [-0.25, -0.2) is 13.8 Å². The van der Waals surface area contributed by atoms with Gasteiger partial charge in [-0.1, -0.05) is 19.9 Å². The number of aliphatic hydroxyl groups excluding tert-OH is 1. The molecule has 0 aliphatic carbocycles. The van der Waals surface area contributed by atoms with Gasteiger partial charge in [0, 0.05) is 11.8 Å². The van der Waals surface area contributed by atoms with Crippen LogP contribution < -0.4 is 5.32 Å². The normalized spacial score (nSPS) is 15.9. The van der Waals surface area contributed by atoms with Crippen molar-refractivity contribution in [3.63, 3.8) is 0 Å². The lowest BCUT2D eigenvalue weighted by Gasteiger charge is -2.13. The van der Waals surface area contributed by atoms with Gasteiger partial charge in [0.25, 0.3) is 0 Å². The van der Waals surface area contributed by atoms with Crippen LogP contribution >= 0.6 is 0 Å². The highest BCUT2D eigenvalue weighted by atomic mass is 19.1. The summed E-state index contributed by atoms with van der Waals surface area (Å²) in [6, 6.07) is 8.79. The number of aliphatic imine (C=N–C) groups is 1. The zero-order chi connectivity index (χ0) is 18.7. The predicted molar refractivity (Wildman–Crippen MR) is 98.4 cm³/mol. The monoisotopic (exact) mass is 356 g/mol. The Morgan fingerprint density at radius 1 is 1.08 bits per heavy atom. The molecule has 0 radical (unpaired) electrons. The lowest BCUT2D eigenvalue weighted by atomic mass is 10.1. The van der Waals surface area contributed by atoms with Crippen LogP contribution in [0.4, 0.5) is 8.78 Å². The number of imidazole rings is 1. The van der Waals surface area contributed by atoms with Crippen LogP contribution in [0.2, 0.25) is 0 Å². The van der Waals surface area contributed by atoms with Crippen molar-refractivity contribution in [3.8, 4) is 11.4 Å². The summed E-state index contributed by atoms with van der Waals surface area (Å²) in [6.45, 7) is 4.00. The molecular formula is C19H18F2N4O. The molecule has 7 heteroatoms. The highest BCUT2D eigenvalue weighted by Crippen LogP contribution is 2.27. The number of H-pyrrole nitrogens is 1. The molecule has 1 aromatic heterocycles. The molecule has 2 aromatic carbocycles. The van der Waals surface area contributed by atoms with Crippen LogP contribution in [0.3, 0.4) is 0 Å². The Morgan fingerprint density at radius 3 is 2.58 bits per heavy atom. The second-order valence-electron chi connectivity index (χ2n) is 5.36. The number of halogens is 2. The van der Waals surface area contributed by atoms with Gasteiger partial charge in [0.15, 0.2) is 6.23 Å². The highest BCUT2D eigenvalue weighted by molar-refractivity contribution is 5.81. The first-order valence-electron chi connectivity index (χ1n) is 8.24. The van der Waals surface area contributed by atoms with E-state index in [9.17, 15) is 13.9 Å². The van der Waals surface area contributed by atoms with Gasteiger partial charge in [-0.15, -0.1) is 0 Å². The third-order valence-corrected chi connectivity index (χ3v) is 3.71. The standard InChI is InChI=1S/C17H12F2N4O.C2H6/c18-10-2-4-13-14(6-10)23-17(22-13)11-3-1-9(5-12(11)19)15-7-21-16(24)8-20-15;1-2/h1-8,16,21,24H,(H,22,23);1-2H3. The Kier molecular flexibility index (Phi) is 5.09. The van der Waals surface area contributed by atoms with E-state index in [-0.39, 0.29) is 11.4 Å². The van der Waals surface area contributed by atoms with Crippen molar-refractivity contribution in [1.29, 1.82) is 0 Å². The molecule has 3 N–H and O–H groups in total. The molecule has 1 aliphatic heterocycles. The molecule has 0 saturated carbocycles. The zero-order valence-electron chi connectivity index (χ0n) is 14.3. The maximum Gasteiger partial charge on any atom is 0.160 e. The summed E-state index contributed by atoms with van der Waals surface area (Å²) < 4.78 is 27.7. The molecule has 2 heterocycles. The van der Waals surface area contributed by atoms with E-state index in [1.807, 2.05) is 13.8 Å². The SMILES string of the molecule is CC.OC1C=NC(c2ccc(-c3nc4ccc(F)cc4[nH]3)c(F)c2)=CN1. The summed E-state index contributed by atoms with van der Waals surface area (Å²) >= 11 is 0. The fourth-order valence-electron chi connectivity index (χ4n) is 2.53. The second-order valence-corrected chi connectivity index (χ2v) is 5.36. The van der Waals surface area contributed by atoms with Crippen molar-refractivity contribution < 1.29 is 13.9 Å². The number of fused-ring (bicyclic) bond motifs is 1. The van der Waals surface area contributed by atoms with Crippen LogP contribution in [-0.4, -0.2) is 27.5 Å². The van der Waals surface area contributed by atoms with Crippen molar-refractivity contribution in [3.05, 3.63) is 59.8 Å². The first-order chi connectivity index (χ1) is 12.6. The number of aromatic nitrogens is 2. The Bertz CT molecular complexity index is 994. The molecule has 1 aliphatic rings. The summed E-state index contributed by atoms with van der Waals surface area (Å²) in [5, 5.41) is 12.0. The van der Waals surface area contributed by atoms with E-state index < -0.39 is 12.0 Å². The first kappa shape index (κ1) is 17.8. The number of aliphatic hydroxyl groups is 1. The predicted octanol–water partition coefficient (Wildman–Crippen LogP) is 3.83. The van der Waals surface area contributed by atoms with Crippen molar-refractivity contribution in [2.45, 2.75) is 20.1 Å². The molecule has 0 fully saturated rings. The number of rotatable bonds is 2. The summed E-state index contributed by atoms with van der Waals surface area (Å²) in [4.78, 5) is 11.3. The number of benzene rings is 2. The average Bonchev–Trinajstić information content (AvgIpc) is 3.06. The van der Waals surface area contributed by atoms with E-state index in [4.69, 9.17) is 0 Å². The lowest BCUT2D eigenvalue weighted by molar-refractivity contribution is 0.224. The van der Waals surface area contributed by atoms with Crippen LogP contribution in [0, 0.1) is 11.6 Å². The fraction of sp³-hybridized carbons (Fsp3) is 0.158. The fourth-order valence-corrected chi connectivity index (χ4v) is 2.53. The van der Waals surface area contributed by atoms with E-state index in [1.54, 1.807) is 12.1 Å². The summed E-state index contributed by atoms with van der Waals surface area (Å²) in [5.41, 5.74) is 2.43. The molecule has 0 saturated heterocycles. The molecule has 134 valence electrons. The average molecular weight is 356 g/mol. The van der Waals surface area contributed by atoms with Gasteiger partial charge < -0.3 is 15.4 Å². The Hall–Kier alpha value is -3.06. The van der Waals surface area contributed by atoms with Gasteiger partial charge in [-0.05, 0) is 30.3 Å². The second kappa shape index (κ2) is 7.45. The summed E-state index contributed by atoms with van der Waals surface area (Å²) in [5.74, 6) is -0.533. The van der Waals surface area contributed by atoms with E-state index in [0.717, 1.165) is 0 Å². The molecule has 1 atom stereocenters. The summed E-state index contributed by atoms with van der Waals surface area (Å²) in [6.07, 6.45) is 2.01. The Balaban J connectivity index is 0.000000948. The topological polar surface area (TPSA) is 73.3 Å². The molecule has 5 nitrogen and oxygen atoms in total. The third-order valence-electron chi connectivity index (χ3n) is 3.71. The molecule has 0 bridgehead atoms. The molecule has 3 aromatic rings. The lowest BCUT2D eigenvalue weighted by Crippen LogP contribution is -2.27. The molecular weight excluding hydrogens is 338 g/mol. The third kappa shape index (κ3) is 3.48. The molecule has 4 rings (SSSR count). The van der Waals surface area contributed by atoms with Crippen LogP contribution in [0.1, 0.15) is 19.4 Å². The maximum absolute atomic E-state index is 14.5. The smallest absolute Gasteiger partial charge is 0.160 e. The number of nitrogens with zero attached hydrogens (tertiary/aromatic N) is 2. The quantitative estimate of drug-likeness (QED) is 0.653. The molecule has 0 spiro atoms. The zero-order valence-corrected chi connectivity index (χ0v) is 14.3. The molecule has 0 amide bonds. The number of aromatic amines is 1. The number of hydrogen-bond acceptors (Lipinski definition) is 4. The summed E-state index contributed by atoms with van der Waals surface area (Å²) in [7, 11) is 0. The van der Waals surface area contributed by atoms with Crippen LogP contribution in [-0.2, 0) is 0 Å². The van der Waals surface area contributed by atoms with Gasteiger partial charge in [0.05, 0.1) is 28.5 Å². The minimum atomic E-state index is -0.839. The van der Waals surface area contributed by atoms with Crippen molar-refractivity contribution >= 4 is 22.9 Å². The number of hydrogen-bond donors (Lipinski definition) is 3. The van der Waals surface area contributed by atoms with Gasteiger partial charge in [0.2, 0.25) is 0 Å². The van der Waals surface area contributed by atoms with Crippen LogP contribution in [0.25, 0.3) is 28.1 Å². The van der Waals surface area contributed by atoms with Crippen LogP contribution in [0.5, 0.6) is 0 Å². The highest BCUT2D eigenvalue weighted by Gasteiger charge is 2.14. The van der Waals surface area contributed by atoms with E-state index in [1.165, 1.54) is 36.7 Å². The van der Waals surface area contributed by atoms with Gasteiger partial charge in [-0.3, -0.25) is 4.99 Å². The molecule has 26 heavy (non-hydrogen) atoms. The Morgan fingerprint density at radius 2 is 1.88 bits per heavy atom. The first-order valence-corrected chi connectivity index (χ1v) is 8.24. The van der Waals surface area contributed by atoms with Crippen molar-refractivity contribution in [2.24, 2.45) is 4.99 Å². The van der Waals surface area contributed by atoms with Crippen molar-refractivity contribution in [2.75, 3.05) is 0 Å². The Labute approximate surface area is 149 Å². The van der Waals surface area contributed by atoms with Crippen molar-refractivity contribution in [1.82, 2.24) is 15.3 Å². The minimum Gasteiger partial charge on any atom is -0.369 e. The van der Waals surface area contributed by atoms with E-state index >= 15 is 0 Å². The molecule has 1 unspecified atom stereocenters. The minimum absolute atomic E-state index is 0.281. The maximum atomic E-state index is 14.5. The largest absolute Gasteiger partial charge is 0.369 e. The van der Waals surface area contributed by atoms with E-state index in [0.29, 0.717) is 28.1 Å². The number of nitrogens with one attached hydrogen (secondary N) is 2. The van der Waals surface area contributed by atoms with Gasteiger partial charge >= 0.3 is 0 Å².